The van der Waals surface area contributed by atoms with Gasteiger partial charge in [-0.25, -0.2) is 8.42 Å². The highest BCUT2D eigenvalue weighted by Gasteiger charge is 2.30. The van der Waals surface area contributed by atoms with E-state index < -0.39 is 16.0 Å². The lowest BCUT2D eigenvalue weighted by molar-refractivity contribution is -0.142. The van der Waals surface area contributed by atoms with Crippen LogP contribution in [0.25, 0.3) is 0 Å². The average Bonchev–Trinajstić information content (AvgIpc) is 3.46. The van der Waals surface area contributed by atoms with Crippen LogP contribution < -0.4 is 9.47 Å². The highest BCUT2D eigenvalue weighted by molar-refractivity contribution is 7.89. The minimum absolute atomic E-state index is 0.00489. The molecule has 1 aromatic heterocycles. The van der Waals surface area contributed by atoms with Crippen molar-refractivity contribution in [3.05, 3.63) is 41.7 Å². The van der Waals surface area contributed by atoms with Crippen molar-refractivity contribution in [1.82, 2.24) is 9.21 Å². The zero-order chi connectivity index (χ0) is 22.4. The number of rotatable bonds is 10. The maximum absolute atomic E-state index is 12.7. The van der Waals surface area contributed by atoms with Gasteiger partial charge in [0.15, 0.2) is 0 Å². The topological polar surface area (TPSA) is 98.5 Å². The standard InChI is InChI=1S/C21H28N2O7S/c1-27-18-10-16(11-19(12-18)28-2)13-22(15-20(24)29-3)14-17-6-7-21(30-17)31(25,26)23-8-4-5-9-23/h6-7,10-12H,4-5,8-9,13-15H2,1-3H3. The van der Waals surface area contributed by atoms with Crippen molar-refractivity contribution < 1.29 is 31.8 Å². The Labute approximate surface area is 182 Å². The molecule has 1 aliphatic rings. The van der Waals surface area contributed by atoms with Gasteiger partial charge in [-0.2, -0.15) is 4.31 Å². The molecule has 1 aromatic carbocycles. The second-order valence-corrected chi connectivity index (χ2v) is 9.14. The smallest absolute Gasteiger partial charge is 0.319 e. The van der Waals surface area contributed by atoms with Gasteiger partial charge in [0.25, 0.3) is 10.0 Å². The molecule has 0 amide bonds. The van der Waals surface area contributed by atoms with Gasteiger partial charge in [0.05, 0.1) is 34.4 Å². The van der Waals surface area contributed by atoms with Gasteiger partial charge in [0, 0.05) is 25.7 Å². The first-order chi connectivity index (χ1) is 14.8. The summed E-state index contributed by atoms with van der Waals surface area (Å²) in [6.07, 6.45) is 1.70. The first-order valence-electron chi connectivity index (χ1n) is 9.95. The Morgan fingerprint density at radius 3 is 2.26 bits per heavy atom. The van der Waals surface area contributed by atoms with E-state index >= 15 is 0 Å². The summed E-state index contributed by atoms with van der Waals surface area (Å²) in [6.45, 7) is 1.61. The molecule has 2 aromatic rings. The van der Waals surface area contributed by atoms with Crippen molar-refractivity contribution in [3.63, 3.8) is 0 Å². The molecule has 0 spiro atoms. The molecule has 10 heteroatoms. The van der Waals surface area contributed by atoms with Gasteiger partial charge in [-0.05, 0) is 42.7 Å². The van der Waals surface area contributed by atoms with Gasteiger partial charge in [0.2, 0.25) is 5.09 Å². The number of esters is 1. The van der Waals surface area contributed by atoms with Crippen LogP contribution in [0.5, 0.6) is 11.5 Å². The summed E-state index contributed by atoms with van der Waals surface area (Å²) >= 11 is 0. The molecule has 0 unspecified atom stereocenters. The molecule has 0 bridgehead atoms. The third kappa shape index (κ3) is 5.78. The minimum Gasteiger partial charge on any atom is -0.497 e. The average molecular weight is 453 g/mol. The largest absolute Gasteiger partial charge is 0.497 e. The van der Waals surface area contributed by atoms with E-state index in [0.29, 0.717) is 36.9 Å². The summed E-state index contributed by atoms with van der Waals surface area (Å²) in [5.41, 5.74) is 0.858. The Morgan fingerprint density at radius 2 is 1.68 bits per heavy atom. The van der Waals surface area contributed by atoms with E-state index in [2.05, 4.69) is 0 Å². The molecule has 31 heavy (non-hydrogen) atoms. The molecular weight excluding hydrogens is 424 g/mol. The molecule has 0 saturated carbocycles. The van der Waals surface area contributed by atoms with Crippen molar-refractivity contribution in [1.29, 1.82) is 0 Å². The number of hydrogen-bond donors (Lipinski definition) is 0. The lowest BCUT2D eigenvalue weighted by atomic mass is 10.2. The first-order valence-corrected chi connectivity index (χ1v) is 11.4. The van der Waals surface area contributed by atoms with Gasteiger partial charge >= 0.3 is 5.97 Å². The molecule has 9 nitrogen and oxygen atoms in total. The van der Waals surface area contributed by atoms with E-state index in [0.717, 1.165) is 18.4 Å². The van der Waals surface area contributed by atoms with Crippen molar-refractivity contribution >= 4 is 16.0 Å². The Bertz CT molecular complexity index is 975. The SMILES string of the molecule is COC(=O)CN(Cc1cc(OC)cc(OC)c1)Cc1ccc(S(=O)(=O)N2CCCC2)o1. The maximum atomic E-state index is 12.7. The van der Waals surface area contributed by atoms with Crippen molar-refractivity contribution in [2.45, 2.75) is 31.0 Å². The second kappa shape index (κ2) is 10.2. The van der Waals surface area contributed by atoms with E-state index in [1.54, 1.807) is 31.3 Å². The van der Waals surface area contributed by atoms with Gasteiger partial charge in [-0.3, -0.25) is 9.69 Å². The van der Waals surface area contributed by atoms with Crippen LogP contribution in [-0.2, 0) is 32.6 Å². The second-order valence-electron chi connectivity index (χ2n) is 7.27. The van der Waals surface area contributed by atoms with Gasteiger partial charge in [0.1, 0.15) is 17.3 Å². The number of furan rings is 1. The lowest BCUT2D eigenvalue weighted by Gasteiger charge is -2.21. The zero-order valence-corrected chi connectivity index (χ0v) is 18.8. The van der Waals surface area contributed by atoms with Crippen molar-refractivity contribution in [3.8, 4) is 11.5 Å². The Balaban J connectivity index is 1.79. The monoisotopic (exact) mass is 452 g/mol. The molecule has 0 aliphatic carbocycles. The first kappa shape index (κ1) is 23.1. The molecule has 0 atom stereocenters. The van der Waals surface area contributed by atoms with Crippen molar-refractivity contribution in [2.24, 2.45) is 0 Å². The fraction of sp³-hybridized carbons (Fsp3) is 0.476. The minimum atomic E-state index is -3.63. The summed E-state index contributed by atoms with van der Waals surface area (Å²) in [6, 6.07) is 8.54. The third-order valence-electron chi connectivity index (χ3n) is 5.07. The van der Waals surface area contributed by atoms with Gasteiger partial charge < -0.3 is 18.6 Å². The molecule has 0 radical (unpaired) electrons. The molecule has 1 aliphatic heterocycles. The van der Waals surface area contributed by atoms with E-state index in [4.69, 9.17) is 18.6 Å². The lowest BCUT2D eigenvalue weighted by Crippen LogP contribution is -2.30. The van der Waals surface area contributed by atoms with Crippen molar-refractivity contribution in [2.75, 3.05) is 41.0 Å². The fourth-order valence-corrected chi connectivity index (χ4v) is 4.93. The number of nitrogens with zero attached hydrogens (tertiary/aromatic N) is 2. The number of benzene rings is 1. The van der Waals surface area contributed by atoms with Crippen LogP contribution in [0.4, 0.5) is 0 Å². The zero-order valence-electron chi connectivity index (χ0n) is 18.0. The Morgan fingerprint density at radius 1 is 1.03 bits per heavy atom. The molecule has 2 heterocycles. The van der Waals surface area contributed by atoms with Crippen LogP contribution in [0.15, 0.2) is 39.8 Å². The van der Waals surface area contributed by atoms with E-state index in [1.165, 1.54) is 17.5 Å². The van der Waals surface area contributed by atoms with Crippen LogP contribution in [0, 0.1) is 0 Å². The number of methoxy groups -OCH3 is 3. The van der Waals surface area contributed by atoms with Crippen LogP contribution in [0.3, 0.4) is 0 Å². The van der Waals surface area contributed by atoms with E-state index in [9.17, 15) is 13.2 Å². The van der Waals surface area contributed by atoms with Crippen LogP contribution in [-0.4, -0.2) is 64.6 Å². The third-order valence-corrected chi connectivity index (χ3v) is 6.85. The highest BCUT2D eigenvalue weighted by Crippen LogP contribution is 2.26. The number of carbonyl (C=O) groups is 1. The molecule has 170 valence electrons. The predicted molar refractivity (Wildman–Crippen MR) is 112 cm³/mol. The predicted octanol–water partition coefficient (Wildman–Crippen LogP) is 2.26. The van der Waals surface area contributed by atoms with Crippen LogP contribution >= 0.6 is 0 Å². The number of sulfonamides is 1. The molecule has 3 rings (SSSR count). The Kier molecular flexibility index (Phi) is 7.58. The number of hydrogen-bond acceptors (Lipinski definition) is 8. The summed E-state index contributed by atoms with van der Waals surface area (Å²) in [4.78, 5) is 13.7. The molecule has 0 N–H and O–H groups in total. The Hall–Kier alpha value is -2.56. The molecule has 1 fully saturated rings. The van der Waals surface area contributed by atoms with Gasteiger partial charge in [-0.15, -0.1) is 0 Å². The number of carbonyl (C=O) groups excluding carboxylic acids is 1. The summed E-state index contributed by atoms with van der Waals surface area (Å²) in [7, 11) is 0.818. The van der Waals surface area contributed by atoms with Gasteiger partial charge in [-0.1, -0.05) is 0 Å². The molecule has 1 saturated heterocycles. The molecular formula is C21H28N2O7S. The van der Waals surface area contributed by atoms with Crippen LogP contribution in [0.1, 0.15) is 24.2 Å². The number of ether oxygens (including phenoxy) is 3. The quantitative estimate of drug-likeness (QED) is 0.506. The highest BCUT2D eigenvalue weighted by atomic mass is 32.2. The van der Waals surface area contributed by atoms with E-state index in [-0.39, 0.29) is 18.2 Å². The normalized spacial score (nSPS) is 14.7. The summed E-state index contributed by atoms with van der Waals surface area (Å²) in [5, 5.41) is -0.0783. The van der Waals surface area contributed by atoms with Crippen LogP contribution in [0.2, 0.25) is 0 Å². The summed E-state index contributed by atoms with van der Waals surface area (Å²) in [5.74, 6) is 1.29. The maximum Gasteiger partial charge on any atom is 0.319 e. The van der Waals surface area contributed by atoms with E-state index in [1.807, 2.05) is 12.1 Å². The fourth-order valence-electron chi connectivity index (χ4n) is 3.49. The summed E-state index contributed by atoms with van der Waals surface area (Å²) < 4.78 is 47.9.